The van der Waals surface area contributed by atoms with Gasteiger partial charge in [-0.05, 0) is 43.4 Å². The van der Waals surface area contributed by atoms with E-state index < -0.39 is 10.0 Å². The van der Waals surface area contributed by atoms with Crippen molar-refractivity contribution in [1.29, 1.82) is 0 Å². The zero-order valence-electron chi connectivity index (χ0n) is 15.0. The van der Waals surface area contributed by atoms with Crippen molar-refractivity contribution in [3.05, 3.63) is 35.6 Å². The Kier molecular flexibility index (Phi) is 6.57. The molecule has 1 atom stereocenters. The van der Waals surface area contributed by atoms with Gasteiger partial charge >= 0.3 is 0 Å². The number of hydrogen-bond donors (Lipinski definition) is 1. The Balaban J connectivity index is 1.90. The summed E-state index contributed by atoms with van der Waals surface area (Å²) >= 11 is 0. The maximum Gasteiger partial charge on any atom is 0.223 e. The lowest BCUT2D eigenvalue weighted by molar-refractivity contribution is -0.127. The molecule has 1 saturated heterocycles. The van der Waals surface area contributed by atoms with Gasteiger partial charge in [-0.3, -0.25) is 4.79 Å². The third-order valence-corrected chi connectivity index (χ3v) is 6.70. The molecule has 0 aromatic heterocycles. The first kappa shape index (κ1) is 19.8. The first-order valence-corrected chi connectivity index (χ1v) is 10.3. The number of carbonyl (C=O) groups is 1. The van der Waals surface area contributed by atoms with Gasteiger partial charge < -0.3 is 5.32 Å². The van der Waals surface area contributed by atoms with Gasteiger partial charge in [-0.2, -0.15) is 0 Å². The molecule has 0 saturated carbocycles. The summed E-state index contributed by atoms with van der Waals surface area (Å²) in [6.45, 7) is 6.77. The van der Waals surface area contributed by atoms with Crippen LogP contribution in [0.4, 0.5) is 4.39 Å². The first-order chi connectivity index (χ1) is 11.7. The van der Waals surface area contributed by atoms with Crippen molar-refractivity contribution >= 4 is 15.9 Å². The van der Waals surface area contributed by atoms with Crippen LogP contribution in [-0.4, -0.2) is 37.8 Å². The van der Waals surface area contributed by atoms with E-state index in [9.17, 15) is 17.6 Å². The Morgan fingerprint density at radius 3 is 2.28 bits per heavy atom. The molecule has 2 rings (SSSR count). The molecular formula is C18H27FN2O3S. The minimum atomic E-state index is -3.46. The number of nitrogens with zero attached hydrogens (tertiary/aromatic N) is 1. The van der Waals surface area contributed by atoms with Crippen LogP contribution in [0.3, 0.4) is 0 Å². The molecule has 7 heteroatoms. The average molecular weight is 370 g/mol. The van der Waals surface area contributed by atoms with Crippen molar-refractivity contribution in [3.8, 4) is 0 Å². The van der Waals surface area contributed by atoms with Gasteiger partial charge in [0.1, 0.15) is 5.82 Å². The van der Waals surface area contributed by atoms with Crippen molar-refractivity contribution in [3.63, 3.8) is 0 Å². The lowest BCUT2D eigenvalue weighted by atomic mass is 9.96. The van der Waals surface area contributed by atoms with Gasteiger partial charge in [0.15, 0.2) is 0 Å². The molecule has 140 valence electrons. The molecule has 5 nitrogen and oxygen atoms in total. The van der Waals surface area contributed by atoms with Crippen LogP contribution >= 0.6 is 0 Å². The first-order valence-electron chi connectivity index (χ1n) is 8.71. The van der Waals surface area contributed by atoms with Crippen LogP contribution in [0.25, 0.3) is 0 Å². The summed E-state index contributed by atoms with van der Waals surface area (Å²) in [6, 6.07) is 5.60. The number of benzene rings is 1. The van der Waals surface area contributed by atoms with Crippen molar-refractivity contribution < 1.29 is 17.6 Å². The molecule has 1 aliphatic heterocycles. The Bertz CT molecular complexity index is 681. The second-order valence-corrected chi connectivity index (χ2v) is 9.07. The van der Waals surface area contributed by atoms with E-state index >= 15 is 0 Å². The van der Waals surface area contributed by atoms with Crippen molar-refractivity contribution in [1.82, 2.24) is 9.62 Å². The maximum atomic E-state index is 12.9. The Hall–Kier alpha value is -1.47. The van der Waals surface area contributed by atoms with E-state index in [1.807, 2.05) is 6.92 Å². The number of halogens is 1. The molecule has 1 aromatic rings. The summed E-state index contributed by atoms with van der Waals surface area (Å²) < 4.78 is 39.4. The fourth-order valence-electron chi connectivity index (χ4n) is 2.79. The van der Waals surface area contributed by atoms with E-state index in [0.29, 0.717) is 37.4 Å². The highest BCUT2D eigenvalue weighted by Crippen LogP contribution is 2.22. The number of carbonyl (C=O) groups excluding carboxylic acids is 1. The number of hydrogen-bond acceptors (Lipinski definition) is 3. The zero-order chi connectivity index (χ0) is 18.6. The van der Waals surface area contributed by atoms with E-state index in [4.69, 9.17) is 0 Å². The SMILES string of the molecule is CC(C)[C@@H](C)NC(=O)C1CCN(S(=O)(=O)Cc2ccc(F)cc2)CC1. The van der Waals surface area contributed by atoms with Crippen LogP contribution in [0, 0.1) is 17.7 Å². The molecule has 1 fully saturated rings. The Morgan fingerprint density at radius 2 is 1.76 bits per heavy atom. The van der Waals surface area contributed by atoms with Crippen LogP contribution in [0.1, 0.15) is 39.2 Å². The second kappa shape index (κ2) is 8.27. The standard InChI is InChI=1S/C18H27FN2O3S/c1-13(2)14(3)20-18(22)16-8-10-21(11-9-16)25(23,24)12-15-4-6-17(19)7-5-15/h4-7,13-14,16H,8-12H2,1-3H3,(H,20,22)/t14-/m1/s1. The molecule has 0 unspecified atom stereocenters. The van der Waals surface area contributed by atoms with Gasteiger partial charge in [-0.15, -0.1) is 0 Å². The largest absolute Gasteiger partial charge is 0.353 e. The number of amides is 1. The van der Waals surface area contributed by atoms with Gasteiger partial charge in [0.2, 0.25) is 15.9 Å². The van der Waals surface area contributed by atoms with Gasteiger partial charge in [0.05, 0.1) is 5.75 Å². The quantitative estimate of drug-likeness (QED) is 0.837. The molecule has 1 N–H and O–H groups in total. The summed E-state index contributed by atoms with van der Waals surface area (Å²) in [5.74, 6) is -0.298. The van der Waals surface area contributed by atoms with Gasteiger partial charge in [0, 0.05) is 25.0 Å². The van der Waals surface area contributed by atoms with Gasteiger partial charge in [-0.25, -0.2) is 17.1 Å². The third kappa shape index (κ3) is 5.51. The van der Waals surface area contributed by atoms with E-state index in [1.165, 1.54) is 28.6 Å². The van der Waals surface area contributed by atoms with E-state index in [1.54, 1.807) is 0 Å². The normalized spacial score (nSPS) is 18.3. The van der Waals surface area contributed by atoms with Crippen LogP contribution in [0.2, 0.25) is 0 Å². The summed E-state index contributed by atoms with van der Waals surface area (Å²) in [7, 11) is -3.46. The topological polar surface area (TPSA) is 66.5 Å². The van der Waals surface area contributed by atoms with Crippen LogP contribution in [0.15, 0.2) is 24.3 Å². The van der Waals surface area contributed by atoms with Crippen molar-refractivity contribution in [2.75, 3.05) is 13.1 Å². The van der Waals surface area contributed by atoms with E-state index in [0.717, 1.165) is 0 Å². The second-order valence-electron chi connectivity index (χ2n) is 7.10. The fraction of sp³-hybridized carbons (Fsp3) is 0.611. The lowest BCUT2D eigenvalue weighted by Crippen LogP contribution is -2.46. The van der Waals surface area contributed by atoms with Crippen LogP contribution < -0.4 is 5.32 Å². The highest BCUT2D eigenvalue weighted by Gasteiger charge is 2.31. The minimum absolute atomic E-state index is 0.0109. The van der Waals surface area contributed by atoms with Gasteiger partial charge in [0.25, 0.3) is 0 Å². The van der Waals surface area contributed by atoms with Crippen molar-refractivity contribution in [2.24, 2.45) is 11.8 Å². The fourth-order valence-corrected chi connectivity index (χ4v) is 4.35. The van der Waals surface area contributed by atoms with Crippen molar-refractivity contribution in [2.45, 2.75) is 45.4 Å². The van der Waals surface area contributed by atoms with E-state index in [2.05, 4.69) is 19.2 Å². The molecule has 1 amide bonds. The molecular weight excluding hydrogens is 343 g/mol. The summed E-state index contributed by atoms with van der Waals surface area (Å²) in [4.78, 5) is 12.3. The molecule has 0 radical (unpaired) electrons. The smallest absolute Gasteiger partial charge is 0.223 e. The van der Waals surface area contributed by atoms with Crippen LogP contribution in [0.5, 0.6) is 0 Å². The van der Waals surface area contributed by atoms with Crippen LogP contribution in [-0.2, 0) is 20.6 Å². The van der Waals surface area contributed by atoms with E-state index in [-0.39, 0.29) is 29.4 Å². The predicted octanol–water partition coefficient (Wildman–Crippen LogP) is 2.53. The number of piperidine rings is 1. The zero-order valence-corrected chi connectivity index (χ0v) is 15.9. The van der Waals surface area contributed by atoms with Gasteiger partial charge in [-0.1, -0.05) is 26.0 Å². The third-order valence-electron chi connectivity index (χ3n) is 4.85. The Labute approximate surface area is 149 Å². The highest BCUT2D eigenvalue weighted by atomic mass is 32.2. The summed E-state index contributed by atoms with van der Waals surface area (Å²) in [5.41, 5.74) is 0.562. The molecule has 25 heavy (non-hydrogen) atoms. The lowest BCUT2D eigenvalue weighted by Gasteiger charge is -2.31. The average Bonchev–Trinajstić information content (AvgIpc) is 2.56. The summed E-state index contributed by atoms with van der Waals surface area (Å²) in [5, 5.41) is 3.01. The molecule has 1 heterocycles. The number of sulfonamides is 1. The highest BCUT2D eigenvalue weighted by molar-refractivity contribution is 7.88. The predicted molar refractivity (Wildman–Crippen MR) is 95.8 cm³/mol. The monoisotopic (exact) mass is 370 g/mol. The maximum absolute atomic E-state index is 12.9. The minimum Gasteiger partial charge on any atom is -0.353 e. The number of nitrogens with one attached hydrogen (secondary N) is 1. The summed E-state index contributed by atoms with van der Waals surface area (Å²) in [6.07, 6.45) is 1.05. The molecule has 0 bridgehead atoms. The molecule has 0 aliphatic carbocycles. The Morgan fingerprint density at radius 1 is 1.20 bits per heavy atom. The number of rotatable bonds is 6. The molecule has 0 spiro atoms. The molecule has 1 aromatic carbocycles. The molecule has 1 aliphatic rings.